The summed E-state index contributed by atoms with van der Waals surface area (Å²) in [4.78, 5) is 4.08. The molecule has 0 bridgehead atoms. The van der Waals surface area contributed by atoms with E-state index >= 15 is 0 Å². The van der Waals surface area contributed by atoms with Crippen LogP contribution in [0, 0.1) is 6.92 Å². The third-order valence-corrected chi connectivity index (χ3v) is 2.11. The second-order valence-corrected chi connectivity index (χ2v) is 3.78. The number of ether oxygens (including phenoxy) is 1. The van der Waals surface area contributed by atoms with Crippen molar-refractivity contribution < 1.29 is 4.74 Å². The van der Waals surface area contributed by atoms with Gasteiger partial charge in [-0.1, -0.05) is 13.8 Å². The minimum Gasteiger partial charge on any atom is -0.468 e. The van der Waals surface area contributed by atoms with Gasteiger partial charge in [0.25, 0.3) is 5.19 Å². The third kappa shape index (κ3) is 4.19. The molecule has 0 fully saturated rings. The van der Waals surface area contributed by atoms with Crippen molar-refractivity contribution in [1.82, 2.24) is 14.7 Å². The van der Waals surface area contributed by atoms with Crippen LogP contribution in [0.25, 0.3) is 0 Å². The van der Waals surface area contributed by atoms with E-state index in [-0.39, 0.29) is 0 Å². The van der Waals surface area contributed by atoms with Crippen LogP contribution < -0.4 is 10.1 Å². The smallest absolute Gasteiger partial charge is 0.293 e. The summed E-state index contributed by atoms with van der Waals surface area (Å²) >= 11 is 1.30. The molecule has 13 heavy (non-hydrogen) atoms. The number of rotatable bonds is 5. The number of nitrogens with one attached hydrogen (secondary N) is 1. The highest BCUT2D eigenvalue weighted by atomic mass is 32.1. The van der Waals surface area contributed by atoms with Crippen molar-refractivity contribution in [2.75, 3.05) is 13.2 Å². The zero-order valence-electron chi connectivity index (χ0n) is 8.20. The summed E-state index contributed by atoms with van der Waals surface area (Å²) in [5.74, 6) is 0.775. The van der Waals surface area contributed by atoms with E-state index in [1.165, 1.54) is 11.5 Å². The molecule has 0 spiro atoms. The highest BCUT2D eigenvalue weighted by molar-refractivity contribution is 7.07. The molecule has 0 radical (unpaired) electrons. The molecule has 0 aliphatic carbocycles. The molecule has 0 unspecified atom stereocenters. The Kier molecular flexibility index (Phi) is 4.11. The molecule has 0 aromatic carbocycles. The van der Waals surface area contributed by atoms with Crippen LogP contribution in [0.15, 0.2) is 0 Å². The minimum absolute atomic E-state index is 0.500. The molecule has 0 atom stereocenters. The fraction of sp³-hybridized carbons (Fsp3) is 0.750. The van der Waals surface area contributed by atoms with Gasteiger partial charge in [0.2, 0.25) is 0 Å². The first kappa shape index (κ1) is 10.4. The zero-order valence-corrected chi connectivity index (χ0v) is 9.02. The fourth-order valence-electron chi connectivity index (χ4n) is 0.823. The van der Waals surface area contributed by atoms with Crippen LogP contribution in [-0.2, 0) is 0 Å². The van der Waals surface area contributed by atoms with Gasteiger partial charge < -0.3 is 10.1 Å². The van der Waals surface area contributed by atoms with Crippen LogP contribution in [0.5, 0.6) is 5.19 Å². The van der Waals surface area contributed by atoms with Gasteiger partial charge in [-0.25, -0.2) is 0 Å². The Labute approximate surface area is 82.5 Å². The van der Waals surface area contributed by atoms with Gasteiger partial charge in [0.1, 0.15) is 12.4 Å². The molecule has 1 rings (SSSR count). The monoisotopic (exact) mass is 201 g/mol. The Morgan fingerprint density at radius 3 is 2.85 bits per heavy atom. The van der Waals surface area contributed by atoms with E-state index in [1.807, 2.05) is 6.92 Å². The number of aromatic nitrogens is 2. The van der Waals surface area contributed by atoms with Crippen molar-refractivity contribution in [1.29, 1.82) is 0 Å². The maximum absolute atomic E-state index is 5.36. The number of nitrogens with zero attached hydrogens (tertiary/aromatic N) is 2. The van der Waals surface area contributed by atoms with E-state index in [9.17, 15) is 0 Å². The number of aryl methyl sites for hydroxylation is 1. The molecule has 74 valence electrons. The van der Waals surface area contributed by atoms with Crippen molar-refractivity contribution in [2.24, 2.45) is 0 Å². The van der Waals surface area contributed by atoms with Gasteiger partial charge in [-0.15, -0.1) is 0 Å². The second-order valence-electron chi connectivity index (χ2n) is 3.06. The molecule has 5 heteroatoms. The molecule has 0 aliphatic heterocycles. The Morgan fingerprint density at radius 1 is 1.54 bits per heavy atom. The van der Waals surface area contributed by atoms with Gasteiger partial charge in [-0.2, -0.15) is 9.36 Å². The largest absolute Gasteiger partial charge is 0.468 e. The third-order valence-electron chi connectivity index (χ3n) is 1.39. The molecule has 1 heterocycles. The Hall–Kier alpha value is -0.680. The highest BCUT2D eigenvalue weighted by Crippen LogP contribution is 2.12. The van der Waals surface area contributed by atoms with Crippen LogP contribution in [0.1, 0.15) is 19.7 Å². The lowest BCUT2D eigenvalue weighted by Crippen LogP contribution is -2.27. The molecule has 1 N–H and O–H groups in total. The van der Waals surface area contributed by atoms with E-state index in [2.05, 4.69) is 28.5 Å². The lowest BCUT2D eigenvalue weighted by atomic mass is 10.4. The topological polar surface area (TPSA) is 47.0 Å². The van der Waals surface area contributed by atoms with Gasteiger partial charge in [-0.05, 0) is 6.92 Å². The summed E-state index contributed by atoms with van der Waals surface area (Å²) in [5, 5.41) is 3.91. The summed E-state index contributed by atoms with van der Waals surface area (Å²) in [5.41, 5.74) is 0. The summed E-state index contributed by atoms with van der Waals surface area (Å²) in [7, 11) is 0. The van der Waals surface area contributed by atoms with Gasteiger partial charge in [0.05, 0.1) is 0 Å². The molecule has 1 aromatic rings. The lowest BCUT2D eigenvalue weighted by molar-refractivity contribution is 0.307. The van der Waals surface area contributed by atoms with E-state index in [4.69, 9.17) is 4.74 Å². The fourth-order valence-corrected chi connectivity index (χ4v) is 1.38. The Bertz CT molecular complexity index is 249. The van der Waals surface area contributed by atoms with E-state index < -0.39 is 0 Å². The Balaban J connectivity index is 2.13. The predicted molar refractivity (Wildman–Crippen MR) is 53.3 cm³/mol. The maximum atomic E-state index is 5.36. The van der Waals surface area contributed by atoms with Gasteiger partial charge in [0, 0.05) is 24.1 Å². The first-order chi connectivity index (χ1) is 6.18. The molecule has 0 aliphatic rings. The maximum Gasteiger partial charge on any atom is 0.293 e. The average molecular weight is 201 g/mol. The van der Waals surface area contributed by atoms with Gasteiger partial charge >= 0.3 is 0 Å². The summed E-state index contributed by atoms with van der Waals surface area (Å²) in [6.45, 7) is 7.56. The van der Waals surface area contributed by atoms with E-state index in [0.717, 1.165) is 12.4 Å². The molecule has 1 aromatic heterocycles. The molecule has 4 nitrogen and oxygen atoms in total. The molecule has 0 amide bonds. The normalized spacial score (nSPS) is 10.8. The lowest BCUT2D eigenvalue weighted by Gasteiger charge is -2.06. The first-order valence-corrected chi connectivity index (χ1v) is 5.12. The quantitative estimate of drug-likeness (QED) is 0.728. The molecular formula is C8H15N3OS. The van der Waals surface area contributed by atoms with E-state index in [1.54, 1.807) is 0 Å². The number of hydrogen-bond donors (Lipinski definition) is 1. The zero-order chi connectivity index (χ0) is 9.68. The second kappa shape index (κ2) is 5.14. The highest BCUT2D eigenvalue weighted by Gasteiger charge is 1.99. The molecular weight excluding hydrogens is 186 g/mol. The van der Waals surface area contributed by atoms with Crippen molar-refractivity contribution in [3.05, 3.63) is 5.82 Å². The van der Waals surface area contributed by atoms with Gasteiger partial charge in [0.15, 0.2) is 0 Å². The summed E-state index contributed by atoms with van der Waals surface area (Å²) in [6, 6.07) is 0.500. The minimum atomic E-state index is 0.500. The molecule has 0 saturated carbocycles. The SMILES string of the molecule is Cc1nsc(OCCNC(C)C)n1. The van der Waals surface area contributed by atoms with Crippen LogP contribution in [-0.4, -0.2) is 28.6 Å². The van der Waals surface area contributed by atoms with Crippen LogP contribution in [0.3, 0.4) is 0 Å². The first-order valence-electron chi connectivity index (χ1n) is 4.35. The van der Waals surface area contributed by atoms with Crippen molar-refractivity contribution in [3.63, 3.8) is 0 Å². The van der Waals surface area contributed by atoms with Crippen molar-refractivity contribution in [2.45, 2.75) is 26.8 Å². The summed E-state index contributed by atoms with van der Waals surface area (Å²) < 4.78 is 9.38. The predicted octanol–water partition coefficient (Wildman–Crippen LogP) is 1.22. The standard InChI is InChI=1S/C8H15N3OS/c1-6(2)9-4-5-12-8-10-7(3)11-13-8/h6,9H,4-5H2,1-3H3. The number of hydrogen-bond acceptors (Lipinski definition) is 5. The van der Waals surface area contributed by atoms with E-state index in [0.29, 0.717) is 17.8 Å². The van der Waals surface area contributed by atoms with Crippen molar-refractivity contribution in [3.8, 4) is 5.19 Å². The average Bonchev–Trinajstić information content (AvgIpc) is 2.45. The van der Waals surface area contributed by atoms with Gasteiger partial charge in [-0.3, -0.25) is 0 Å². The van der Waals surface area contributed by atoms with Crippen LogP contribution >= 0.6 is 11.5 Å². The summed E-state index contributed by atoms with van der Waals surface area (Å²) in [6.07, 6.45) is 0. The van der Waals surface area contributed by atoms with Crippen LogP contribution in [0.2, 0.25) is 0 Å². The van der Waals surface area contributed by atoms with Crippen LogP contribution in [0.4, 0.5) is 0 Å². The molecule has 0 saturated heterocycles. The van der Waals surface area contributed by atoms with Crippen molar-refractivity contribution >= 4 is 11.5 Å². The Morgan fingerprint density at radius 2 is 2.31 bits per heavy atom.